The predicted molar refractivity (Wildman–Crippen MR) is 74.1 cm³/mol. The molecule has 1 rings (SSSR count). The average molecular weight is 256 g/mol. The van der Waals surface area contributed by atoms with Crippen LogP contribution in [0.2, 0.25) is 0 Å². The van der Waals surface area contributed by atoms with Gasteiger partial charge in [0.05, 0.1) is 12.3 Å². The number of benzene rings is 1. The van der Waals surface area contributed by atoms with E-state index in [9.17, 15) is 4.21 Å². The van der Waals surface area contributed by atoms with Crippen LogP contribution in [0.15, 0.2) is 18.2 Å². The van der Waals surface area contributed by atoms with Crippen LogP contribution in [0.25, 0.3) is 0 Å². The molecule has 0 heterocycles. The smallest absolute Gasteiger partial charge is 0.144 e. The molecule has 4 nitrogen and oxygen atoms in total. The van der Waals surface area contributed by atoms with Crippen molar-refractivity contribution in [2.75, 3.05) is 35.7 Å². The first kappa shape index (κ1) is 13.8. The molecule has 3 N–H and O–H groups in total. The van der Waals surface area contributed by atoms with Crippen LogP contribution in [0.1, 0.15) is 13.8 Å². The van der Waals surface area contributed by atoms with E-state index in [-0.39, 0.29) is 0 Å². The summed E-state index contributed by atoms with van der Waals surface area (Å²) in [6, 6.07) is 5.57. The van der Waals surface area contributed by atoms with Crippen LogP contribution in [0, 0.1) is 0 Å². The lowest BCUT2D eigenvalue weighted by Crippen LogP contribution is -2.12. The van der Waals surface area contributed by atoms with Gasteiger partial charge in [0.1, 0.15) is 5.75 Å². The van der Waals surface area contributed by atoms with Crippen LogP contribution in [0.3, 0.4) is 0 Å². The van der Waals surface area contributed by atoms with Gasteiger partial charge in [-0.25, -0.2) is 0 Å². The molecule has 0 spiro atoms. The molecule has 0 aliphatic heterocycles. The molecule has 0 amide bonds. The van der Waals surface area contributed by atoms with E-state index in [0.717, 1.165) is 5.69 Å². The van der Waals surface area contributed by atoms with Gasteiger partial charge in [0.15, 0.2) is 0 Å². The van der Waals surface area contributed by atoms with Crippen molar-refractivity contribution >= 4 is 22.2 Å². The van der Waals surface area contributed by atoms with E-state index < -0.39 is 10.8 Å². The molecule has 1 aromatic carbocycles. The number of nitrogens with one attached hydrogen (secondary N) is 1. The zero-order chi connectivity index (χ0) is 12.7. The second-order valence-electron chi connectivity index (χ2n) is 3.55. The third kappa shape index (κ3) is 4.65. The van der Waals surface area contributed by atoms with Crippen LogP contribution < -0.4 is 15.8 Å². The van der Waals surface area contributed by atoms with Crippen molar-refractivity contribution in [2.45, 2.75) is 13.8 Å². The summed E-state index contributed by atoms with van der Waals surface area (Å²) < 4.78 is 16.7. The highest BCUT2D eigenvalue weighted by atomic mass is 32.2. The molecule has 0 aliphatic rings. The highest BCUT2D eigenvalue weighted by molar-refractivity contribution is 7.84. The molecule has 0 radical (unpaired) electrons. The molecular formula is C12H20N2O2S. The van der Waals surface area contributed by atoms with Crippen molar-refractivity contribution in [3.63, 3.8) is 0 Å². The predicted octanol–water partition coefficient (Wildman–Crippen LogP) is 1.85. The van der Waals surface area contributed by atoms with E-state index in [1.807, 2.05) is 32.0 Å². The molecule has 1 aromatic rings. The van der Waals surface area contributed by atoms with Crippen LogP contribution in [-0.2, 0) is 10.8 Å². The quantitative estimate of drug-likeness (QED) is 0.731. The summed E-state index contributed by atoms with van der Waals surface area (Å²) in [6.07, 6.45) is 0. The Labute approximate surface area is 105 Å². The molecule has 0 bridgehead atoms. The van der Waals surface area contributed by atoms with E-state index >= 15 is 0 Å². The third-order valence-electron chi connectivity index (χ3n) is 2.29. The molecule has 0 aliphatic carbocycles. The van der Waals surface area contributed by atoms with Crippen molar-refractivity contribution in [3.05, 3.63) is 18.2 Å². The summed E-state index contributed by atoms with van der Waals surface area (Å²) in [7, 11) is -0.732. The van der Waals surface area contributed by atoms with Crippen molar-refractivity contribution in [1.29, 1.82) is 0 Å². The van der Waals surface area contributed by atoms with Gasteiger partial charge in [-0.1, -0.05) is 6.92 Å². The molecule has 1 unspecified atom stereocenters. The maximum atomic E-state index is 11.3. The van der Waals surface area contributed by atoms with Gasteiger partial charge in [-0.2, -0.15) is 0 Å². The zero-order valence-corrected chi connectivity index (χ0v) is 11.2. The molecule has 0 saturated carbocycles. The summed E-state index contributed by atoms with van der Waals surface area (Å²) in [5.74, 6) is 2.05. The average Bonchev–Trinajstić information content (AvgIpc) is 2.33. The molecule has 1 atom stereocenters. The molecule has 0 saturated heterocycles. The van der Waals surface area contributed by atoms with E-state index in [1.165, 1.54) is 0 Å². The Morgan fingerprint density at radius 2 is 2.18 bits per heavy atom. The third-order valence-corrected chi connectivity index (χ3v) is 3.60. The van der Waals surface area contributed by atoms with Gasteiger partial charge >= 0.3 is 0 Å². The number of anilines is 2. The van der Waals surface area contributed by atoms with Crippen LogP contribution in [0.5, 0.6) is 5.75 Å². The number of hydrogen-bond acceptors (Lipinski definition) is 4. The highest BCUT2D eigenvalue weighted by Gasteiger charge is 2.02. The number of nitrogens with two attached hydrogens (primary N) is 1. The second-order valence-corrected chi connectivity index (χ2v) is 5.41. The summed E-state index contributed by atoms with van der Waals surface area (Å²) >= 11 is 0. The maximum absolute atomic E-state index is 11.3. The van der Waals surface area contributed by atoms with Crippen LogP contribution >= 0.6 is 0 Å². The Kier molecular flexibility index (Phi) is 5.83. The summed E-state index contributed by atoms with van der Waals surface area (Å²) in [5, 5.41) is 3.21. The fourth-order valence-electron chi connectivity index (χ4n) is 1.38. The van der Waals surface area contributed by atoms with Gasteiger partial charge in [-0.3, -0.25) is 4.21 Å². The fourth-order valence-corrected chi connectivity index (χ4v) is 2.00. The topological polar surface area (TPSA) is 64.3 Å². The monoisotopic (exact) mass is 256 g/mol. The van der Waals surface area contributed by atoms with E-state index in [1.54, 1.807) is 0 Å². The SMILES string of the molecule is CCOc1cc(NCCS(=O)CC)ccc1N. The Hall–Kier alpha value is -1.23. The van der Waals surface area contributed by atoms with E-state index in [4.69, 9.17) is 10.5 Å². The lowest BCUT2D eigenvalue weighted by atomic mass is 10.2. The molecular weight excluding hydrogens is 236 g/mol. The van der Waals surface area contributed by atoms with Crippen molar-refractivity contribution in [1.82, 2.24) is 0 Å². The summed E-state index contributed by atoms with van der Waals surface area (Å²) in [4.78, 5) is 0. The van der Waals surface area contributed by atoms with Gasteiger partial charge in [-0.15, -0.1) is 0 Å². The van der Waals surface area contributed by atoms with Gasteiger partial charge in [-0.05, 0) is 19.1 Å². The Morgan fingerprint density at radius 3 is 2.82 bits per heavy atom. The molecule has 17 heavy (non-hydrogen) atoms. The molecule has 96 valence electrons. The Morgan fingerprint density at radius 1 is 1.41 bits per heavy atom. The number of ether oxygens (including phenoxy) is 1. The van der Waals surface area contributed by atoms with Gasteiger partial charge in [0.25, 0.3) is 0 Å². The first-order valence-electron chi connectivity index (χ1n) is 5.78. The first-order chi connectivity index (χ1) is 8.17. The normalized spacial score (nSPS) is 12.1. The highest BCUT2D eigenvalue weighted by Crippen LogP contribution is 2.25. The minimum absolute atomic E-state index is 0.591. The van der Waals surface area contributed by atoms with Gasteiger partial charge < -0.3 is 15.8 Å². The zero-order valence-electron chi connectivity index (χ0n) is 10.4. The Bertz CT molecular complexity index is 383. The van der Waals surface area contributed by atoms with Crippen LogP contribution in [0.4, 0.5) is 11.4 Å². The van der Waals surface area contributed by atoms with Crippen molar-refractivity contribution in [2.24, 2.45) is 0 Å². The van der Waals surface area contributed by atoms with Crippen molar-refractivity contribution in [3.8, 4) is 5.75 Å². The van der Waals surface area contributed by atoms with E-state index in [2.05, 4.69) is 5.32 Å². The minimum Gasteiger partial charge on any atom is -0.492 e. The fraction of sp³-hybridized carbons (Fsp3) is 0.500. The van der Waals surface area contributed by atoms with Gasteiger partial charge in [0, 0.05) is 40.6 Å². The number of nitrogen functional groups attached to an aromatic ring is 1. The number of rotatable bonds is 7. The largest absolute Gasteiger partial charge is 0.492 e. The molecule has 5 heteroatoms. The number of hydrogen-bond donors (Lipinski definition) is 2. The minimum atomic E-state index is -0.732. The molecule has 0 aromatic heterocycles. The first-order valence-corrected chi connectivity index (χ1v) is 7.27. The standard InChI is InChI=1S/C12H20N2O2S/c1-3-16-12-9-10(5-6-11(12)13)14-7-8-17(15)4-2/h5-6,9,14H,3-4,7-8,13H2,1-2H3. The molecule has 0 fully saturated rings. The van der Waals surface area contributed by atoms with E-state index in [0.29, 0.717) is 36.1 Å². The van der Waals surface area contributed by atoms with Crippen molar-refractivity contribution < 1.29 is 8.95 Å². The second kappa shape index (κ2) is 7.17. The lowest BCUT2D eigenvalue weighted by Gasteiger charge is -2.10. The Balaban J connectivity index is 2.53. The van der Waals surface area contributed by atoms with Crippen LogP contribution in [-0.4, -0.2) is 28.9 Å². The van der Waals surface area contributed by atoms with Gasteiger partial charge in [0.2, 0.25) is 0 Å². The summed E-state index contributed by atoms with van der Waals surface area (Å²) in [6.45, 7) is 5.12. The lowest BCUT2D eigenvalue weighted by molar-refractivity contribution is 0.342. The summed E-state index contributed by atoms with van der Waals surface area (Å²) in [5.41, 5.74) is 7.35. The maximum Gasteiger partial charge on any atom is 0.144 e.